The second kappa shape index (κ2) is 8.21. The molecule has 0 unspecified atom stereocenters. The van der Waals surface area contributed by atoms with Gasteiger partial charge in [0.1, 0.15) is 0 Å². The fourth-order valence-corrected chi connectivity index (χ4v) is 2.16. The molecule has 0 aromatic heterocycles. The Morgan fingerprint density at radius 1 is 1.12 bits per heavy atom. The van der Waals surface area contributed by atoms with Crippen molar-refractivity contribution in [2.45, 2.75) is 19.8 Å². The van der Waals surface area contributed by atoms with Gasteiger partial charge in [0.2, 0.25) is 0 Å². The molecule has 0 aliphatic carbocycles. The van der Waals surface area contributed by atoms with Crippen molar-refractivity contribution in [2.24, 2.45) is 5.10 Å². The lowest BCUT2D eigenvalue weighted by Gasteiger charge is -2.09. The third kappa shape index (κ3) is 5.17. The number of hydrogen-bond acceptors (Lipinski definition) is 3. The number of carbonyl (C=O) groups is 1. The van der Waals surface area contributed by atoms with Crippen LogP contribution in [0.2, 0.25) is 0 Å². The van der Waals surface area contributed by atoms with Crippen LogP contribution in [-0.2, 0) is 0 Å². The summed E-state index contributed by atoms with van der Waals surface area (Å²) < 4.78 is 0. The first kappa shape index (κ1) is 17.6. The summed E-state index contributed by atoms with van der Waals surface area (Å²) in [5.41, 5.74) is 5.89. The summed E-state index contributed by atoms with van der Waals surface area (Å²) in [7, 11) is 0. The molecule has 2 rings (SSSR count). The summed E-state index contributed by atoms with van der Waals surface area (Å²) in [6, 6.07) is 14.5. The fourth-order valence-electron chi connectivity index (χ4n) is 1.99. The number of hydrazone groups is 1. The highest BCUT2D eigenvalue weighted by Gasteiger charge is 2.01. The van der Waals surface area contributed by atoms with Gasteiger partial charge in [-0.2, -0.15) is 5.10 Å². The third-order valence-corrected chi connectivity index (χ3v) is 3.57. The van der Waals surface area contributed by atoms with E-state index in [2.05, 4.69) is 41.8 Å². The molecule has 0 aliphatic rings. The minimum Gasteiger partial charge on any atom is -0.478 e. The number of thiocarbonyl (C=S) groups is 1. The van der Waals surface area contributed by atoms with Crippen molar-refractivity contribution < 1.29 is 9.90 Å². The molecule has 0 amide bonds. The standard InChI is InChI=1S/C18H19N3O2S/c1-12(2)14-7-9-16(10-8-14)20-18(24)21-19-11-13-3-5-15(6-4-13)17(22)23/h3-12H,1-2H3,(H,22,23)(H2,20,21,24)/b19-11-. The van der Waals surface area contributed by atoms with Gasteiger partial charge in [-0.15, -0.1) is 0 Å². The second-order valence-electron chi connectivity index (χ2n) is 5.53. The largest absolute Gasteiger partial charge is 0.478 e. The molecule has 0 saturated carbocycles. The van der Waals surface area contributed by atoms with E-state index < -0.39 is 5.97 Å². The lowest BCUT2D eigenvalue weighted by molar-refractivity contribution is 0.0697. The molecule has 0 atom stereocenters. The zero-order chi connectivity index (χ0) is 17.5. The SMILES string of the molecule is CC(C)c1ccc(NC(=S)N/N=C\c2ccc(C(=O)O)cc2)cc1. The van der Waals surface area contributed by atoms with Crippen LogP contribution in [0, 0.1) is 0 Å². The zero-order valence-electron chi connectivity index (χ0n) is 13.5. The van der Waals surface area contributed by atoms with Crippen LogP contribution in [0.15, 0.2) is 53.6 Å². The first-order valence-electron chi connectivity index (χ1n) is 7.49. The first-order chi connectivity index (χ1) is 11.5. The third-order valence-electron chi connectivity index (χ3n) is 3.37. The molecule has 2 aromatic rings. The Hall–Kier alpha value is -2.73. The van der Waals surface area contributed by atoms with Crippen LogP contribution < -0.4 is 10.7 Å². The Morgan fingerprint density at radius 3 is 2.29 bits per heavy atom. The summed E-state index contributed by atoms with van der Waals surface area (Å²) in [5, 5.41) is 16.3. The van der Waals surface area contributed by atoms with Crippen molar-refractivity contribution in [1.82, 2.24) is 5.43 Å². The molecular formula is C18H19N3O2S. The number of benzene rings is 2. The van der Waals surface area contributed by atoms with E-state index in [1.54, 1.807) is 18.3 Å². The van der Waals surface area contributed by atoms with Gasteiger partial charge < -0.3 is 10.4 Å². The molecule has 0 heterocycles. The minimum atomic E-state index is -0.953. The van der Waals surface area contributed by atoms with E-state index in [1.807, 2.05) is 12.1 Å². The second-order valence-corrected chi connectivity index (χ2v) is 5.94. The summed E-state index contributed by atoms with van der Waals surface area (Å²) in [6.07, 6.45) is 1.57. The lowest BCUT2D eigenvalue weighted by Crippen LogP contribution is -2.23. The lowest BCUT2D eigenvalue weighted by atomic mass is 10.0. The summed E-state index contributed by atoms with van der Waals surface area (Å²) in [4.78, 5) is 10.8. The van der Waals surface area contributed by atoms with Gasteiger partial charge in [0.25, 0.3) is 0 Å². The molecule has 0 saturated heterocycles. The average molecular weight is 341 g/mol. The molecule has 0 radical (unpaired) electrons. The summed E-state index contributed by atoms with van der Waals surface area (Å²) >= 11 is 5.18. The van der Waals surface area contributed by atoms with Crippen LogP contribution in [0.4, 0.5) is 5.69 Å². The normalized spacial score (nSPS) is 10.8. The molecule has 2 aromatic carbocycles. The predicted octanol–water partition coefficient (Wildman–Crippen LogP) is 3.83. The van der Waals surface area contributed by atoms with Crippen molar-refractivity contribution in [2.75, 3.05) is 5.32 Å². The molecule has 0 aliphatic heterocycles. The maximum absolute atomic E-state index is 10.8. The highest BCUT2D eigenvalue weighted by atomic mass is 32.1. The highest BCUT2D eigenvalue weighted by Crippen LogP contribution is 2.16. The number of carboxylic acids is 1. The van der Waals surface area contributed by atoms with E-state index in [-0.39, 0.29) is 5.56 Å². The van der Waals surface area contributed by atoms with Gasteiger partial charge in [0.15, 0.2) is 5.11 Å². The molecule has 24 heavy (non-hydrogen) atoms. The van der Waals surface area contributed by atoms with E-state index in [9.17, 15) is 4.79 Å². The number of rotatable bonds is 5. The van der Waals surface area contributed by atoms with Crippen molar-refractivity contribution in [3.8, 4) is 0 Å². The number of anilines is 1. The zero-order valence-corrected chi connectivity index (χ0v) is 14.3. The van der Waals surface area contributed by atoms with Gasteiger partial charge in [-0.1, -0.05) is 38.1 Å². The van der Waals surface area contributed by atoms with Crippen LogP contribution in [-0.4, -0.2) is 22.4 Å². The number of carboxylic acid groups (broad SMARTS) is 1. The van der Waals surface area contributed by atoms with Gasteiger partial charge in [-0.25, -0.2) is 4.79 Å². The summed E-state index contributed by atoms with van der Waals surface area (Å²) in [6.45, 7) is 4.29. The first-order valence-corrected chi connectivity index (χ1v) is 7.90. The quantitative estimate of drug-likeness (QED) is 0.438. The number of nitrogens with one attached hydrogen (secondary N) is 2. The van der Waals surface area contributed by atoms with Gasteiger partial charge >= 0.3 is 5.97 Å². The molecule has 3 N–H and O–H groups in total. The number of nitrogens with zero attached hydrogens (tertiary/aromatic N) is 1. The van der Waals surface area contributed by atoms with E-state index in [4.69, 9.17) is 17.3 Å². The van der Waals surface area contributed by atoms with Crippen molar-refractivity contribution in [1.29, 1.82) is 0 Å². The van der Waals surface area contributed by atoms with Crippen molar-refractivity contribution in [3.05, 3.63) is 65.2 Å². The predicted molar refractivity (Wildman–Crippen MR) is 101 cm³/mol. The van der Waals surface area contributed by atoms with Crippen molar-refractivity contribution >= 4 is 35.2 Å². The van der Waals surface area contributed by atoms with Crippen LogP contribution in [0.25, 0.3) is 0 Å². The Balaban J connectivity index is 1.87. The van der Waals surface area contributed by atoms with E-state index in [0.29, 0.717) is 11.0 Å². The summed E-state index contributed by atoms with van der Waals surface area (Å²) in [5.74, 6) is -0.466. The van der Waals surface area contributed by atoms with Crippen molar-refractivity contribution in [3.63, 3.8) is 0 Å². The number of aromatic carboxylic acids is 1. The van der Waals surface area contributed by atoms with E-state index in [0.717, 1.165) is 11.3 Å². The average Bonchev–Trinajstić information content (AvgIpc) is 2.55. The van der Waals surface area contributed by atoms with Crippen LogP contribution >= 0.6 is 12.2 Å². The topological polar surface area (TPSA) is 73.7 Å². The van der Waals surface area contributed by atoms with Crippen LogP contribution in [0.5, 0.6) is 0 Å². The Labute approximate surface area is 146 Å². The molecule has 0 bridgehead atoms. The maximum atomic E-state index is 10.8. The maximum Gasteiger partial charge on any atom is 0.335 e. The molecular weight excluding hydrogens is 322 g/mol. The Bertz CT molecular complexity index is 738. The highest BCUT2D eigenvalue weighted by molar-refractivity contribution is 7.80. The molecule has 0 fully saturated rings. The van der Waals surface area contributed by atoms with Gasteiger partial charge in [0.05, 0.1) is 11.8 Å². The molecule has 6 heteroatoms. The van der Waals surface area contributed by atoms with E-state index in [1.165, 1.54) is 17.7 Å². The van der Waals surface area contributed by atoms with Crippen LogP contribution in [0.1, 0.15) is 41.3 Å². The molecule has 124 valence electrons. The molecule has 5 nitrogen and oxygen atoms in total. The van der Waals surface area contributed by atoms with Crippen LogP contribution in [0.3, 0.4) is 0 Å². The monoisotopic (exact) mass is 341 g/mol. The fraction of sp³-hybridized carbons (Fsp3) is 0.167. The van der Waals surface area contributed by atoms with E-state index >= 15 is 0 Å². The minimum absolute atomic E-state index is 0.238. The Morgan fingerprint density at radius 2 is 1.75 bits per heavy atom. The van der Waals surface area contributed by atoms with Gasteiger partial charge in [-0.3, -0.25) is 5.43 Å². The van der Waals surface area contributed by atoms with Gasteiger partial charge in [0, 0.05) is 5.69 Å². The van der Waals surface area contributed by atoms with Gasteiger partial charge in [-0.05, 0) is 53.5 Å². The smallest absolute Gasteiger partial charge is 0.335 e. The Kier molecular flexibility index (Phi) is 6.03. The molecule has 0 spiro atoms. The number of hydrogen-bond donors (Lipinski definition) is 3.